The van der Waals surface area contributed by atoms with Crippen LogP contribution in [0, 0.1) is 0 Å². The van der Waals surface area contributed by atoms with Gasteiger partial charge in [0.1, 0.15) is 0 Å². The molecule has 0 spiro atoms. The molecule has 15 heavy (non-hydrogen) atoms. The molecule has 0 aliphatic carbocycles. The summed E-state index contributed by atoms with van der Waals surface area (Å²) < 4.78 is 0. The number of aromatic amines is 1. The molecule has 0 fully saturated rings. The molecule has 2 N–H and O–H groups in total. The quantitative estimate of drug-likeness (QED) is 0.448. The van der Waals surface area contributed by atoms with Gasteiger partial charge in [0.25, 0.3) is 0 Å². The molecule has 0 bridgehead atoms. The Hall–Kier alpha value is -1.77. The van der Waals surface area contributed by atoms with Crippen LogP contribution in [0.4, 0.5) is 0 Å². The van der Waals surface area contributed by atoms with Gasteiger partial charge in [-0.1, -0.05) is 23.4 Å². The minimum Gasteiger partial charge on any atom is -0.411 e. The fraction of sp³-hybridized carbons (Fsp3) is 0.250. The van der Waals surface area contributed by atoms with Gasteiger partial charge in [-0.3, -0.25) is 0 Å². The molecule has 0 radical (unpaired) electrons. The predicted molar refractivity (Wildman–Crippen MR) is 61.5 cm³/mol. The molecule has 0 saturated carbocycles. The van der Waals surface area contributed by atoms with Crippen molar-refractivity contribution in [3.05, 3.63) is 36.0 Å². The average Bonchev–Trinajstić information content (AvgIpc) is 2.69. The lowest BCUT2D eigenvalue weighted by atomic mass is 10.1. The zero-order valence-electron chi connectivity index (χ0n) is 8.70. The van der Waals surface area contributed by atoms with E-state index in [2.05, 4.69) is 22.3 Å². The first kappa shape index (κ1) is 9.77. The Morgan fingerprint density at radius 2 is 2.20 bits per heavy atom. The van der Waals surface area contributed by atoms with Crippen LogP contribution in [0.3, 0.4) is 0 Å². The van der Waals surface area contributed by atoms with Crippen molar-refractivity contribution in [3.63, 3.8) is 0 Å². The third-order valence-electron chi connectivity index (χ3n) is 2.60. The van der Waals surface area contributed by atoms with Gasteiger partial charge in [-0.05, 0) is 31.4 Å². The normalized spacial score (nSPS) is 12.2. The summed E-state index contributed by atoms with van der Waals surface area (Å²) in [6.45, 7) is 1.83. The SMILES string of the molecule is C/C(CCc1c[nH]c2ccccc12)=N/O. The predicted octanol–water partition coefficient (Wildman–Crippen LogP) is 2.95. The van der Waals surface area contributed by atoms with Gasteiger partial charge >= 0.3 is 0 Å². The monoisotopic (exact) mass is 202 g/mol. The molecule has 2 aromatic rings. The number of hydrogen-bond donors (Lipinski definition) is 2. The lowest BCUT2D eigenvalue weighted by Gasteiger charge is -1.97. The number of benzene rings is 1. The molecular formula is C12H14N2O. The van der Waals surface area contributed by atoms with Gasteiger partial charge in [0.2, 0.25) is 0 Å². The van der Waals surface area contributed by atoms with Crippen molar-refractivity contribution < 1.29 is 5.21 Å². The van der Waals surface area contributed by atoms with Crippen LogP contribution in [0.25, 0.3) is 10.9 Å². The Kier molecular flexibility index (Phi) is 2.72. The molecule has 1 aromatic carbocycles. The smallest absolute Gasteiger partial charge is 0.0543 e. The first-order valence-corrected chi connectivity index (χ1v) is 5.04. The van der Waals surface area contributed by atoms with Crippen molar-refractivity contribution in [2.24, 2.45) is 5.16 Å². The van der Waals surface area contributed by atoms with Gasteiger partial charge in [-0.25, -0.2) is 0 Å². The summed E-state index contributed by atoms with van der Waals surface area (Å²) in [5, 5.41) is 13.0. The molecule has 0 aliphatic rings. The second-order valence-electron chi connectivity index (χ2n) is 3.69. The van der Waals surface area contributed by atoms with Crippen LogP contribution in [0.5, 0.6) is 0 Å². The maximum absolute atomic E-state index is 8.56. The lowest BCUT2D eigenvalue weighted by Crippen LogP contribution is -1.94. The second-order valence-corrected chi connectivity index (χ2v) is 3.69. The van der Waals surface area contributed by atoms with Crippen LogP contribution in [0.1, 0.15) is 18.9 Å². The van der Waals surface area contributed by atoms with Crippen molar-refractivity contribution >= 4 is 16.6 Å². The van der Waals surface area contributed by atoms with E-state index in [0.29, 0.717) is 0 Å². The van der Waals surface area contributed by atoms with Gasteiger partial charge in [0.15, 0.2) is 0 Å². The molecule has 0 unspecified atom stereocenters. The van der Waals surface area contributed by atoms with E-state index in [1.54, 1.807) is 0 Å². The highest BCUT2D eigenvalue weighted by molar-refractivity contribution is 5.85. The Labute approximate surface area is 88.4 Å². The standard InChI is InChI=1S/C12H14N2O/c1-9(14-15)6-7-10-8-13-12-5-3-2-4-11(10)12/h2-5,8,13,15H,6-7H2,1H3/b14-9-. The van der Waals surface area contributed by atoms with E-state index >= 15 is 0 Å². The summed E-state index contributed by atoms with van der Waals surface area (Å²) in [6.07, 6.45) is 3.72. The molecule has 3 nitrogen and oxygen atoms in total. The molecule has 0 atom stereocenters. The topological polar surface area (TPSA) is 48.4 Å². The highest BCUT2D eigenvalue weighted by Crippen LogP contribution is 2.18. The molecule has 1 aromatic heterocycles. The van der Waals surface area contributed by atoms with Crippen LogP contribution in [0.2, 0.25) is 0 Å². The molecule has 3 heteroatoms. The summed E-state index contributed by atoms with van der Waals surface area (Å²) in [5.74, 6) is 0. The molecule has 0 saturated heterocycles. The largest absolute Gasteiger partial charge is 0.411 e. The van der Waals surface area contributed by atoms with Crippen molar-refractivity contribution in [1.82, 2.24) is 4.98 Å². The number of nitrogens with one attached hydrogen (secondary N) is 1. The van der Waals surface area contributed by atoms with Crippen molar-refractivity contribution in [2.45, 2.75) is 19.8 Å². The average molecular weight is 202 g/mol. The van der Waals surface area contributed by atoms with Crippen LogP contribution in [-0.2, 0) is 6.42 Å². The minimum absolute atomic E-state index is 0.764. The van der Waals surface area contributed by atoms with E-state index in [1.807, 2.05) is 25.3 Å². The highest BCUT2D eigenvalue weighted by atomic mass is 16.4. The maximum atomic E-state index is 8.56. The summed E-state index contributed by atoms with van der Waals surface area (Å²) in [4.78, 5) is 3.23. The Morgan fingerprint density at radius 3 is 3.00 bits per heavy atom. The molecule has 78 valence electrons. The third kappa shape index (κ3) is 2.01. The van der Waals surface area contributed by atoms with E-state index in [-0.39, 0.29) is 0 Å². The number of hydrogen-bond acceptors (Lipinski definition) is 2. The van der Waals surface area contributed by atoms with Crippen LogP contribution in [0.15, 0.2) is 35.6 Å². The first-order valence-electron chi connectivity index (χ1n) is 5.04. The number of aromatic nitrogens is 1. The van der Waals surface area contributed by atoms with E-state index in [4.69, 9.17) is 5.21 Å². The molecule has 2 rings (SSSR count). The Morgan fingerprint density at radius 1 is 1.40 bits per heavy atom. The lowest BCUT2D eigenvalue weighted by molar-refractivity contribution is 0.317. The summed E-state index contributed by atoms with van der Waals surface area (Å²) in [5.41, 5.74) is 3.19. The number of oxime groups is 1. The van der Waals surface area contributed by atoms with Crippen molar-refractivity contribution in [2.75, 3.05) is 0 Å². The number of H-pyrrole nitrogens is 1. The minimum atomic E-state index is 0.764. The van der Waals surface area contributed by atoms with E-state index in [0.717, 1.165) is 24.1 Å². The van der Waals surface area contributed by atoms with Crippen molar-refractivity contribution in [1.29, 1.82) is 0 Å². The van der Waals surface area contributed by atoms with Gasteiger partial charge in [-0.15, -0.1) is 0 Å². The zero-order chi connectivity index (χ0) is 10.7. The summed E-state index contributed by atoms with van der Waals surface area (Å²) >= 11 is 0. The van der Waals surface area contributed by atoms with Gasteiger partial charge in [-0.2, -0.15) is 0 Å². The fourth-order valence-corrected chi connectivity index (χ4v) is 1.70. The van der Waals surface area contributed by atoms with Crippen molar-refractivity contribution in [3.8, 4) is 0 Å². The van der Waals surface area contributed by atoms with E-state index in [1.165, 1.54) is 10.9 Å². The van der Waals surface area contributed by atoms with Crippen LogP contribution < -0.4 is 0 Å². The van der Waals surface area contributed by atoms with Crippen LogP contribution in [-0.4, -0.2) is 15.9 Å². The molecule has 1 heterocycles. The number of fused-ring (bicyclic) bond motifs is 1. The third-order valence-corrected chi connectivity index (χ3v) is 2.60. The second kappa shape index (κ2) is 4.17. The van der Waals surface area contributed by atoms with Gasteiger partial charge in [0.05, 0.1) is 5.71 Å². The first-order chi connectivity index (χ1) is 7.31. The highest BCUT2D eigenvalue weighted by Gasteiger charge is 2.03. The molecule has 0 amide bonds. The van der Waals surface area contributed by atoms with E-state index < -0.39 is 0 Å². The van der Waals surface area contributed by atoms with E-state index in [9.17, 15) is 0 Å². The zero-order valence-corrected chi connectivity index (χ0v) is 8.70. The number of nitrogens with zero attached hydrogens (tertiary/aromatic N) is 1. The Balaban J connectivity index is 2.22. The number of rotatable bonds is 3. The maximum Gasteiger partial charge on any atom is 0.0543 e. The summed E-state index contributed by atoms with van der Waals surface area (Å²) in [6, 6.07) is 8.22. The van der Waals surface area contributed by atoms with Crippen LogP contribution >= 0.6 is 0 Å². The number of aryl methyl sites for hydroxylation is 1. The summed E-state index contributed by atoms with van der Waals surface area (Å²) in [7, 11) is 0. The van der Waals surface area contributed by atoms with Gasteiger partial charge < -0.3 is 10.2 Å². The fourth-order valence-electron chi connectivity index (χ4n) is 1.70. The molecule has 0 aliphatic heterocycles. The van der Waals surface area contributed by atoms with Gasteiger partial charge in [0, 0.05) is 17.1 Å². The molecular weight excluding hydrogens is 188 g/mol. The number of para-hydroxylation sites is 1. The Bertz CT molecular complexity index is 485.